The minimum absolute atomic E-state index is 0.216. The van der Waals surface area contributed by atoms with Gasteiger partial charge in [-0.1, -0.05) is 0 Å². The number of carbonyl (C=O) groups excluding carboxylic acids is 1. The lowest BCUT2D eigenvalue weighted by Crippen LogP contribution is -2.26. The summed E-state index contributed by atoms with van der Waals surface area (Å²) in [6.07, 6.45) is 7.12. The molecule has 27 heavy (non-hydrogen) atoms. The van der Waals surface area contributed by atoms with Crippen molar-refractivity contribution >= 4 is 28.9 Å². The number of aryl methyl sites for hydroxylation is 2. The van der Waals surface area contributed by atoms with E-state index < -0.39 is 6.09 Å². The van der Waals surface area contributed by atoms with Gasteiger partial charge in [0.25, 0.3) is 0 Å². The molecule has 8 nitrogen and oxygen atoms in total. The van der Waals surface area contributed by atoms with Crippen LogP contribution in [0.4, 0.5) is 4.79 Å². The number of ether oxygens (including phenoxy) is 1. The van der Waals surface area contributed by atoms with Crippen molar-refractivity contribution in [2.45, 2.75) is 32.7 Å². The predicted octanol–water partition coefficient (Wildman–Crippen LogP) is 2.93. The van der Waals surface area contributed by atoms with Crippen molar-refractivity contribution < 1.29 is 9.53 Å². The Morgan fingerprint density at radius 1 is 1.26 bits per heavy atom. The minimum atomic E-state index is -0.396. The number of carbonyl (C=O) groups is 1. The molecule has 0 atom stereocenters. The number of nitrogens with one attached hydrogen (secondary N) is 1. The average molecular weight is 389 g/mol. The Bertz CT molecular complexity index is 900. The zero-order chi connectivity index (χ0) is 19.1. The summed E-state index contributed by atoms with van der Waals surface area (Å²) in [4.78, 5) is 28.3. The van der Waals surface area contributed by atoms with Crippen LogP contribution >= 0.6 is 11.6 Å². The maximum absolute atomic E-state index is 11.7. The summed E-state index contributed by atoms with van der Waals surface area (Å²) in [5.41, 5.74) is 3.36. The molecule has 3 rings (SSSR count). The fourth-order valence-corrected chi connectivity index (χ4v) is 2.88. The highest BCUT2D eigenvalue weighted by molar-refractivity contribution is 6.28. The molecule has 0 saturated carbocycles. The number of alkyl carbamates (subject to hydrolysis) is 1. The fourth-order valence-electron chi connectivity index (χ4n) is 2.67. The van der Waals surface area contributed by atoms with Crippen molar-refractivity contribution in [3.63, 3.8) is 0 Å². The van der Waals surface area contributed by atoms with E-state index in [1.54, 1.807) is 18.7 Å². The van der Waals surface area contributed by atoms with Gasteiger partial charge in [-0.2, -0.15) is 4.98 Å². The van der Waals surface area contributed by atoms with E-state index in [1.165, 1.54) is 0 Å². The smallest absolute Gasteiger partial charge is 0.407 e. The number of amides is 1. The van der Waals surface area contributed by atoms with Crippen molar-refractivity contribution in [1.29, 1.82) is 0 Å². The van der Waals surface area contributed by atoms with Gasteiger partial charge >= 0.3 is 6.09 Å². The van der Waals surface area contributed by atoms with Crippen molar-refractivity contribution in [1.82, 2.24) is 29.8 Å². The molecule has 0 bridgehead atoms. The summed E-state index contributed by atoms with van der Waals surface area (Å²) in [5.74, 6) is 0. The van der Waals surface area contributed by atoms with E-state index in [-0.39, 0.29) is 5.28 Å². The lowest BCUT2D eigenvalue weighted by molar-refractivity contribution is 0.144. The number of aromatic nitrogens is 5. The Balaban J connectivity index is 1.34. The van der Waals surface area contributed by atoms with Gasteiger partial charge in [0.15, 0.2) is 5.65 Å². The molecule has 0 unspecified atom stereocenters. The summed E-state index contributed by atoms with van der Waals surface area (Å²) in [7, 11) is 0. The topological polar surface area (TPSA) is 94.8 Å². The zero-order valence-corrected chi connectivity index (χ0v) is 15.8. The Morgan fingerprint density at radius 2 is 2.07 bits per heavy atom. The molecule has 0 aromatic carbocycles. The molecular weight excluding hydrogens is 368 g/mol. The highest BCUT2D eigenvalue weighted by Gasteiger charge is 2.09. The van der Waals surface area contributed by atoms with E-state index in [9.17, 15) is 4.79 Å². The number of imidazole rings is 1. The normalized spacial score (nSPS) is 10.9. The number of unbranched alkanes of at least 4 members (excludes halogenated alkanes) is 1. The van der Waals surface area contributed by atoms with Gasteiger partial charge in [0.1, 0.15) is 5.52 Å². The Morgan fingerprint density at radius 3 is 2.89 bits per heavy atom. The molecule has 0 aliphatic carbocycles. The molecule has 3 aromatic heterocycles. The van der Waals surface area contributed by atoms with Crippen LogP contribution in [-0.4, -0.2) is 43.7 Å². The number of rotatable bonds is 8. The number of halogens is 1. The maximum Gasteiger partial charge on any atom is 0.407 e. The Hall–Kier alpha value is -2.74. The average Bonchev–Trinajstić information content (AvgIpc) is 3.05. The second-order valence-corrected chi connectivity index (χ2v) is 6.40. The van der Waals surface area contributed by atoms with Crippen LogP contribution in [0.3, 0.4) is 0 Å². The SMILES string of the molecule is Cc1nc(Cl)nc2c1ncn2CCCCOC(=O)NCCc1ccncc1. The van der Waals surface area contributed by atoms with E-state index in [0.717, 1.165) is 48.2 Å². The molecule has 3 heterocycles. The lowest BCUT2D eigenvalue weighted by Gasteiger charge is -2.08. The second kappa shape index (κ2) is 9.27. The van der Waals surface area contributed by atoms with Gasteiger partial charge < -0.3 is 14.6 Å². The monoisotopic (exact) mass is 388 g/mol. The van der Waals surface area contributed by atoms with E-state index >= 15 is 0 Å². The van der Waals surface area contributed by atoms with Crippen molar-refractivity contribution in [3.8, 4) is 0 Å². The third kappa shape index (κ3) is 5.37. The summed E-state index contributed by atoms with van der Waals surface area (Å²) >= 11 is 5.92. The summed E-state index contributed by atoms with van der Waals surface area (Å²) in [5, 5.41) is 2.96. The van der Waals surface area contributed by atoms with Crippen LogP contribution in [0.5, 0.6) is 0 Å². The van der Waals surface area contributed by atoms with Crippen LogP contribution in [0, 0.1) is 6.92 Å². The second-order valence-electron chi connectivity index (χ2n) is 6.06. The first-order valence-corrected chi connectivity index (χ1v) is 9.16. The van der Waals surface area contributed by atoms with Crippen LogP contribution in [0.2, 0.25) is 5.28 Å². The van der Waals surface area contributed by atoms with E-state index in [0.29, 0.717) is 13.2 Å². The molecule has 0 spiro atoms. The molecule has 0 radical (unpaired) electrons. The van der Waals surface area contributed by atoms with E-state index in [4.69, 9.17) is 16.3 Å². The predicted molar refractivity (Wildman–Crippen MR) is 102 cm³/mol. The molecule has 3 aromatic rings. The van der Waals surface area contributed by atoms with Crippen LogP contribution in [0.15, 0.2) is 30.9 Å². The number of pyridine rings is 1. The van der Waals surface area contributed by atoms with Crippen LogP contribution in [0.25, 0.3) is 11.2 Å². The molecule has 0 aliphatic rings. The lowest BCUT2D eigenvalue weighted by atomic mass is 10.2. The maximum atomic E-state index is 11.7. The summed E-state index contributed by atoms with van der Waals surface area (Å²) in [6.45, 7) is 3.47. The minimum Gasteiger partial charge on any atom is -0.450 e. The van der Waals surface area contributed by atoms with Crippen LogP contribution < -0.4 is 5.32 Å². The first kappa shape index (κ1) is 19.0. The van der Waals surface area contributed by atoms with E-state index in [2.05, 4.69) is 25.3 Å². The highest BCUT2D eigenvalue weighted by atomic mass is 35.5. The molecule has 9 heteroatoms. The highest BCUT2D eigenvalue weighted by Crippen LogP contribution is 2.16. The molecule has 0 aliphatic heterocycles. The van der Waals surface area contributed by atoms with Gasteiger partial charge in [0, 0.05) is 25.5 Å². The fraction of sp³-hybridized carbons (Fsp3) is 0.389. The molecule has 0 fully saturated rings. The van der Waals surface area contributed by atoms with Crippen LogP contribution in [-0.2, 0) is 17.7 Å². The molecule has 1 N–H and O–H groups in total. The first-order valence-electron chi connectivity index (χ1n) is 8.78. The molecular formula is C18H21ClN6O2. The third-order valence-electron chi connectivity index (χ3n) is 4.07. The first-order chi connectivity index (χ1) is 13.1. The number of hydrogen-bond donors (Lipinski definition) is 1. The van der Waals surface area contributed by atoms with Gasteiger partial charge in [-0.15, -0.1) is 0 Å². The molecule has 1 amide bonds. The quantitative estimate of drug-likeness (QED) is 0.471. The van der Waals surface area contributed by atoms with Gasteiger partial charge in [-0.05, 0) is 55.5 Å². The number of nitrogens with zero attached hydrogens (tertiary/aromatic N) is 5. The van der Waals surface area contributed by atoms with Gasteiger partial charge in [0.05, 0.1) is 18.6 Å². The van der Waals surface area contributed by atoms with Crippen LogP contribution in [0.1, 0.15) is 24.1 Å². The number of hydrogen-bond acceptors (Lipinski definition) is 6. The standard InChI is InChI=1S/C18H21ClN6O2/c1-13-15-16(24-17(19)23-13)25(12-22-15)10-2-3-11-27-18(26)21-9-6-14-4-7-20-8-5-14/h4-5,7-8,12H,2-3,6,9-11H2,1H3,(H,21,26). The van der Waals surface area contributed by atoms with Gasteiger partial charge in [-0.3, -0.25) is 4.98 Å². The zero-order valence-electron chi connectivity index (χ0n) is 15.1. The Kier molecular flexibility index (Phi) is 6.54. The van der Waals surface area contributed by atoms with Crippen molar-refractivity contribution in [2.24, 2.45) is 0 Å². The molecule has 142 valence electrons. The van der Waals surface area contributed by atoms with Gasteiger partial charge in [-0.25, -0.2) is 14.8 Å². The van der Waals surface area contributed by atoms with E-state index in [1.807, 2.05) is 23.6 Å². The van der Waals surface area contributed by atoms with Gasteiger partial charge in [0.2, 0.25) is 5.28 Å². The third-order valence-corrected chi connectivity index (χ3v) is 4.24. The summed E-state index contributed by atoms with van der Waals surface area (Å²) in [6, 6.07) is 3.85. The summed E-state index contributed by atoms with van der Waals surface area (Å²) < 4.78 is 7.13. The Labute approximate surface area is 162 Å². The number of fused-ring (bicyclic) bond motifs is 1. The largest absolute Gasteiger partial charge is 0.450 e. The molecule has 0 saturated heterocycles. The van der Waals surface area contributed by atoms with Crippen molar-refractivity contribution in [3.05, 3.63) is 47.4 Å². The van der Waals surface area contributed by atoms with Crippen molar-refractivity contribution in [2.75, 3.05) is 13.2 Å².